The summed E-state index contributed by atoms with van der Waals surface area (Å²) >= 11 is 1.46. The van der Waals surface area contributed by atoms with Crippen LogP contribution in [0.2, 0.25) is 0 Å². The van der Waals surface area contributed by atoms with Gasteiger partial charge in [-0.05, 0) is 37.6 Å². The Balaban J connectivity index is 2.12. The monoisotopic (exact) mass is 344 g/mol. The number of methoxy groups -OCH3 is 1. The molecule has 0 atom stereocenters. The normalized spacial score (nSPS) is 10.3. The minimum atomic E-state index is -0.355. The maximum atomic E-state index is 12.3. The SMILES string of the molecule is COC(=O)CCNC(=O)c1cccnc1Sc1ccc(C)cc1C. The number of pyridine rings is 1. The minimum absolute atomic E-state index is 0.141. The van der Waals surface area contributed by atoms with Crippen molar-refractivity contribution in [2.75, 3.05) is 13.7 Å². The van der Waals surface area contributed by atoms with Crippen molar-refractivity contribution in [1.29, 1.82) is 0 Å². The average Bonchev–Trinajstić information content (AvgIpc) is 2.57. The van der Waals surface area contributed by atoms with Crippen LogP contribution in [0.1, 0.15) is 27.9 Å². The molecule has 126 valence electrons. The van der Waals surface area contributed by atoms with Crippen molar-refractivity contribution in [2.24, 2.45) is 0 Å². The van der Waals surface area contributed by atoms with Gasteiger partial charge in [-0.3, -0.25) is 9.59 Å². The highest BCUT2D eigenvalue weighted by molar-refractivity contribution is 7.99. The smallest absolute Gasteiger partial charge is 0.307 e. The first-order chi connectivity index (χ1) is 11.5. The Morgan fingerprint density at radius 3 is 2.75 bits per heavy atom. The van der Waals surface area contributed by atoms with Crippen LogP contribution in [0.4, 0.5) is 0 Å². The molecule has 0 fully saturated rings. The van der Waals surface area contributed by atoms with Crippen LogP contribution in [0.15, 0.2) is 46.5 Å². The van der Waals surface area contributed by atoms with E-state index < -0.39 is 0 Å². The van der Waals surface area contributed by atoms with E-state index in [9.17, 15) is 9.59 Å². The molecule has 0 aliphatic rings. The second-order valence-electron chi connectivity index (χ2n) is 5.31. The summed E-state index contributed by atoms with van der Waals surface area (Å²) in [7, 11) is 1.32. The Hall–Kier alpha value is -2.34. The lowest BCUT2D eigenvalue weighted by molar-refractivity contribution is -0.140. The van der Waals surface area contributed by atoms with E-state index in [2.05, 4.69) is 21.1 Å². The number of nitrogens with one attached hydrogen (secondary N) is 1. The fraction of sp³-hybridized carbons (Fsp3) is 0.278. The topological polar surface area (TPSA) is 68.3 Å². The molecule has 0 aliphatic carbocycles. The second-order valence-corrected chi connectivity index (χ2v) is 6.34. The fourth-order valence-electron chi connectivity index (χ4n) is 2.14. The van der Waals surface area contributed by atoms with E-state index in [1.165, 1.54) is 24.4 Å². The van der Waals surface area contributed by atoms with E-state index >= 15 is 0 Å². The van der Waals surface area contributed by atoms with Gasteiger partial charge in [-0.2, -0.15) is 0 Å². The maximum Gasteiger partial charge on any atom is 0.307 e. The Morgan fingerprint density at radius 2 is 2.04 bits per heavy atom. The molecule has 1 N–H and O–H groups in total. The highest BCUT2D eigenvalue weighted by Gasteiger charge is 2.14. The fourth-order valence-corrected chi connectivity index (χ4v) is 3.09. The molecular formula is C18H20N2O3S. The number of hydrogen-bond donors (Lipinski definition) is 1. The Bertz CT molecular complexity index is 747. The second kappa shape index (κ2) is 8.49. The molecular weight excluding hydrogens is 324 g/mol. The average molecular weight is 344 g/mol. The molecule has 1 aromatic heterocycles. The minimum Gasteiger partial charge on any atom is -0.469 e. The van der Waals surface area contributed by atoms with Gasteiger partial charge in [0.2, 0.25) is 0 Å². The lowest BCUT2D eigenvalue weighted by Crippen LogP contribution is -2.27. The molecule has 2 aromatic rings. The van der Waals surface area contributed by atoms with E-state index in [1.807, 2.05) is 26.0 Å². The number of rotatable bonds is 6. The summed E-state index contributed by atoms with van der Waals surface area (Å²) in [5, 5.41) is 3.36. The molecule has 1 aromatic carbocycles. The third-order valence-electron chi connectivity index (χ3n) is 3.40. The standard InChI is InChI=1S/C18H20N2O3S/c1-12-6-7-15(13(2)11-12)24-18-14(5-4-9-20-18)17(22)19-10-8-16(21)23-3/h4-7,9,11H,8,10H2,1-3H3,(H,19,22). The van der Waals surface area contributed by atoms with Gasteiger partial charge in [0.25, 0.3) is 5.91 Å². The van der Waals surface area contributed by atoms with Crippen LogP contribution in [0.25, 0.3) is 0 Å². The predicted octanol–water partition coefficient (Wildman–Crippen LogP) is 3.14. The van der Waals surface area contributed by atoms with Crippen molar-refractivity contribution < 1.29 is 14.3 Å². The van der Waals surface area contributed by atoms with Crippen molar-refractivity contribution in [3.8, 4) is 0 Å². The van der Waals surface area contributed by atoms with E-state index in [0.29, 0.717) is 10.6 Å². The number of carbonyl (C=O) groups is 2. The van der Waals surface area contributed by atoms with Gasteiger partial charge >= 0.3 is 5.97 Å². The largest absolute Gasteiger partial charge is 0.469 e. The first-order valence-corrected chi connectivity index (χ1v) is 8.38. The number of aromatic nitrogens is 1. The van der Waals surface area contributed by atoms with E-state index in [-0.39, 0.29) is 24.8 Å². The molecule has 0 bridgehead atoms. The zero-order chi connectivity index (χ0) is 17.5. The quantitative estimate of drug-likeness (QED) is 0.815. The Labute approximate surface area is 145 Å². The number of aryl methyl sites for hydroxylation is 2. The van der Waals surface area contributed by atoms with Crippen LogP contribution in [0.3, 0.4) is 0 Å². The highest BCUT2D eigenvalue weighted by Crippen LogP contribution is 2.31. The molecule has 0 spiro atoms. The van der Waals surface area contributed by atoms with Gasteiger partial charge < -0.3 is 10.1 Å². The van der Waals surface area contributed by atoms with Gasteiger partial charge in [0.1, 0.15) is 5.03 Å². The summed E-state index contributed by atoms with van der Waals surface area (Å²) in [6, 6.07) is 9.62. The van der Waals surface area contributed by atoms with Crippen LogP contribution in [-0.2, 0) is 9.53 Å². The van der Waals surface area contributed by atoms with Crippen LogP contribution >= 0.6 is 11.8 Å². The zero-order valence-corrected chi connectivity index (χ0v) is 14.8. The number of benzene rings is 1. The maximum absolute atomic E-state index is 12.3. The Morgan fingerprint density at radius 1 is 1.25 bits per heavy atom. The summed E-state index contributed by atoms with van der Waals surface area (Å²) in [6.45, 7) is 4.31. The molecule has 2 rings (SSSR count). The van der Waals surface area contributed by atoms with E-state index in [0.717, 1.165) is 10.5 Å². The summed E-state index contributed by atoms with van der Waals surface area (Å²) in [4.78, 5) is 28.8. The number of carbonyl (C=O) groups excluding carboxylic acids is 2. The molecule has 24 heavy (non-hydrogen) atoms. The summed E-state index contributed by atoms with van der Waals surface area (Å²) in [5.74, 6) is -0.606. The lowest BCUT2D eigenvalue weighted by Gasteiger charge is -2.10. The van der Waals surface area contributed by atoms with Crippen molar-refractivity contribution >= 4 is 23.6 Å². The van der Waals surface area contributed by atoms with Crippen molar-refractivity contribution in [3.63, 3.8) is 0 Å². The Kier molecular flexibility index (Phi) is 6.37. The molecule has 0 saturated carbocycles. The first-order valence-electron chi connectivity index (χ1n) is 7.56. The number of ether oxygens (including phenoxy) is 1. The van der Waals surface area contributed by atoms with Crippen molar-refractivity contribution in [3.05, 3.63) is 53.2 Å². The lowest BCUT2D eigenvalue weighted by atomic mass is 10.2. The summed E-state index contributed by atoms with van der Waals surface area (Å²) in [6.07, 6.45) is 1.80. The number of nitrogens with zero attached hydrogens (tertiary/aromatic N) is 1. The predicted molar refractivity (Wildman–Crippen MR) is 93.2 cm³/mol. The molecule has 0 saturated heterocycles. The van der Waals surface area contributed by atoms with E-state index in [4.69, 9.17) is 0 Å². The zero-order valence-electron chi connectivity index (χ0n) is 14.0. The molecule has 6 heteroatoms. The van der Waals surface area contributed by atoms with Crippen molar-refractivity contribution in [1.82, 2.24) is 10.3 Å². The summed E-state index contributed by atoms with van der Waals surface area (Å²) in [5.41, 5.74) is 2.83. The van der Waals surface area contributed by atoms with Gasteiger partial charge in [-0.15, -0.1) is 0 Å². The van der Waals surface area contributed by atoms with Gasteiger partial charge in [0, 0.05) is 17.6 Å². The number of esters is 1. The van der Waals surface area contributed by atoms with Gasteiger partial charge in [-0.25, -0.2) is 4.98 Å². The van der Waals surface area contributed by atoms with Gasteiger partial charge in [-0.1, -0.05) is 29.5 Å². The van der Waals surface area contributed by atoms with Crippen LogP contribution in [0, 0.1) is 13.8 Å². The molecule has 5 nitrogen and oxygen atoms in total. The third-order valence-corrected chi connectivity index (χ3v) is 4.59. The molecule has 0 radical (unpaired) electrons. The molecule has 1 heterocycles. The molecule has 1 amide bonds. The summed E-state index contributed by atoms with van der Waals surface area (Å²) < 4.78 is 4.56. The first kappa shape index (κ1) is 18.0. The van der Waals surface area contributed by atoms with Gasteiger partial charge in [0.05, 0.1) is 19.1 Å². The van der Waals surface area contributed by atoms with E-state index in [1.54, 1.807) is 18.3 Å². The van der Waals surface area contributed by atoms with Crippen LogP contribution < -0.4 is 5.32 Å². The molecule has 0 aliphatic heterocycles. The number of hydrogen-bond acceptors (Lipinski definition) is 5. The highest BCUT2D eigenvalue weighted by atomic mass is 32.2. The molecule has 0 unspecified atom stereocenters. The van der Waals surface area contributed by atoms with Crippen LogP contribution in [0.5, 0.6) is 0 Å². The number of amides is 1. The van der Waals surface area contributed by atoms with Gasteiger partial charge in [0.15, 0.2) is 0 Å². The van der Waals surface area contributed by atoms with Crippen molar-refractivity contribution in [2.45, 2.75) is 30.2 Å². The van der Waals surface area contributed by atoms with Crippen LogP contribution in [-0.4, -0.2) is 30.5 Å². The third kappa shape index (κ3) is 4.83.